The number of hydrogen-bond acceptors (Lipinski definition) is 4. The Balaban J connectivity index is 1.54. The first-order valence-electron chi connectivity index (χ1n) is 11.5. The average molecular weight is 498 g/mol. The Morgan fingerprint density at radius 1 is 0.861 bits per heavy atom. The van der Waals surface area contributed by atoms with Crippen LogP contribution < -0.4 is 16.0 Å². The summed E-state index contributed by atoms with van der Waals surface area (Å²) in [5, 5.41) is 14.2. The van der Waals surface area contributed by atoms with Gasteiger partial charge in [0.25, 0.3) is 11.8 Å². The molecule has 0 aliphatic carbocycles. The fourth-order valence-electron chi connectivity index (χ4n) is 4.22. The Morgan fingerprint density at radius 3 is 2.19 bits per heavy atom. The molecule has 0 fully saturated rings. The van der Waals surface area contributed by atoms with Gasteiger partial charge in [0.15, 0.2) is 0 Å². The third-order valence-corrected chi connectivity index (χ3v) is 6.29. The summed E-state index contributed by atoms with van der Waals surface area (Å²) in [6.45, 7) is 3.83. The van der Waals surface area contributed by atoms with Gasteiger partial charge in [-0.25, -0.2) is 4.68 Å². The fraction of sp³-hybridized carbons (Fsp3) is 0.107. The minimum atomic E-state index is -0.535. The molecule has 1 aliphatic heterocycles. The Kier molecular flexibility index (Phi) is 6.31. The number of rotatable bonds is 5. The second kappa shape index (κ2) is 9.71. The van der Waals surface area contributed by atoms with Crippen molar-refractivity contribution in [3.8, 4) is 0 Å². The Hall–Kier alpha value is -4.36. The highest BCUT2D eigenvalue weighted by atomic mass is 35.5. The van der Waals surface area contributed by atoms with Crippen LogP contribution in [0.25, 0.3) is 0 Å². The molecule has 5 rings (SSSR count). The Bertz CT molecular complexity index is 1460. The molecular formula is C28H24ClN5O2. The van der Waals surface area contributed by atoms with E-state index in [4.69, 9.17) is 11.6 Å². The van der Waals surface area contributed by atoms with Gasteiger partial charge in [-0.05, 0) is 55.8 Å². The van der Waals surface area contributed by atoms with Crippen molar-refractivity contribution >= 4 is 40.6 Å². The smallest absolute Gasteiger partial charge is 0.261 e. The van der Waals surface area contributed by atoms with E-state index in [0.29, 0.717) is 39.0 Å². The van der Waals surface area contributed by atoms with Gasteiger partial charge in [0, 0.05) is 22.1 Å². The van der Waals surface area contributed by atoms with E-state index in [1.807, 2.05) is 68.4 Å². The number of halogens is 1. The second-order valence-electron chi connectivity index (χ2n) is 8.61. The lowest BCUT2D eigenvalue weighted by molar-refractivity contribution is -0.113. The summed E-state index contributed by atoms with van der Waals surface area (Å²) >= 11 is 5.99. The minimum absolute atomic E-state index is 0.274. The molecule has 180 valence electrons. The summed E-state index contributed by atoms with van der Waals surface area (Å²) in [7, 11) is 0. The number of aromatic nitrogens is 2. The highest BCUT2D eigenvalue weighted by Gasteiger charge is 2.35. The number of benzene rings is 3. The van der Waals surface area contributed by atoms with E-state index in [-0.39, 0.29) is 11.8 Å². The number of carbonyl (C=O) groups is 2. The van der Waals surface area contributed by atoms with Crippen LogP contribution in [0.2, 0.25) is 5.02 Å². The number of hydrogen-bond donors (Lipinski definition) is 3. The second-order valence-corrected chi connectivity index (χ2v) is 9.05. The van der Waals surface area contributed by atoms with Crippen LogP contribution in [0.3, 0.4) is 0 Å². The summed E-state index contributed by atoms with van der Waals surface area (Å²) in [4.78, 5) is 26.7. The van der Waals surface area contributed by atoms with E-state index in [9.17, 15) is 9.59 Å². The zero-order valence-electron chi connectivity index (χ0n) is 19.7. The van der Waals surface area contributed by atoms with Crippen molar-refractivity contribution < 1.29 is 9.59 Å². The number of nitrogens with zero attached hydrogens (tertiary/aromatic N) is 2. The standard InChI is InChI=1S/C28H24ClN5O2/c1-17-8-10-19(11-9-17)25-24(28(36)33-22-14-12-20(29)13-15-22)18(2)31-26-23(16-30-34(25)26)27(35)32-21-6-4-3-5-7-21/h3-16,25,31H,1-2H3,(H,32,35)(H,33,36)/t25-/m0/s1. The lowest BCUT2D eigenvalue weighted by Crippen LogP contribution is -2.32. The van der Waals surface area contributed by atoms with Gasteiger partial charge in [0.1, 0.15) is 17.4 Å². The van der Waals surface area contributed by atoms with E-state index in [2.05, 4.69) is 21.0 Å². The number of anilines is 3. The quantitative estimate of drug-likeness (QED) is 0.314. The molecule has 3 aromatic carbocycles. The van der Waals surface area contributed by atoms with Crippen molar-refractivity contribution in [1.82, 2.24) is 9.78 Å². The number of aryl methyl sites for hydroxylation is 1. The molecule has 0 unspecified atom stereocenters. The predicted octanol–water partition coefficient (Wildman–Crippen LogP) is 6.02. The van der Waals surface area contributed by atoms with Crippen LogP contribution in [0.15, 0.2) is 96.3 Å². The molecule has 36 heavy (non-hydrogen) atoms. The van der Waals surface area contributed by atoms with Crippen LogP contribution in [0.5, 0.6) is 0 Å². The zero-order chi connectivity index (χ0) is 25.2. The molecule has 3 N–H and O–H groups in total. The molecule has 2 amide bonds. The molecule has 0 bridgehead atoms. The first-order chi connectivity index (χ1) is 17.4. The SMILES string of the molecule is CC1=C(C(=O)Nc2ccc(Cl)cc2)[C@H](c2ccc(C)cc2)n2ncc(C(=O)Nc3ccccc3)c2N1. The third-order valence-electron chi connectivity index (χ3n) is 6.04. The minimum Gasteiger partial charge on any atom is -0.343 e. The summed E-state index contributed by atoms with van der Waals surface area (Å²) in [5.74, 6) is -0.0432. The first-order valence-corrected chi connectivity index (χ1v) is 11.8. The number of amides is 2. The van der Waals surface area contributed by atoms with Crippen molar-refractivity contribution in [1.29, 1.82) is 0 Å². The van der Waals surface area contributed by atoms with E-state index in [1.165, 1.54) is 6.20 Å². The highest BCUT2D eigenvalue weighted by Crippen LogP contribution is 2.38. The largest absolute Gasteiger partial charge is 0.343 e. The van der Waals surface area contributed by atoms with E-state index in [0.717, 1.165) is 11.1 Å². The summed E-state index contributed by atoms with van der Waals surface area (Å²) in [6, 6.07) is 23.6. The molecule has 0 saturated carbocycles. The number of para-hydroxylation sites is 1. The first kappa shape index (κ1) is 23.4. The molecule has 1 aromatic heterocycles. The monoisotopic (exact) mass is 497 g/mol. The van der Waals surface area contributed by atoms with Crippen LogP contribution in [0.4, 0.5) is 17.2 Å². The molecule has 7 nitrogen and oxygen atoms in total. The van der Waals surface area contributed by atoms with Crippen LogP contribution >= 0.6 is 11.6 Å². The molecule has 0 saturated heterocycles. The van der Waals surface area contributed by atoms with Gasteiger partial charge in [-0.1, -0.05) is 59.6 Å². The number of fused-ring (bicyclic) bond motifs is 1. The van der Waals surface area contributed by atoms with Gasteiger partial charge < -0.3 is 16.0 Å². The highest BCUT2D eigenvalue weighted by molar-refractivity contribution is 6.30. The van der Waals surface area contributed by atoms with Gasteiger partial charge in [0.05, 0.1) is 11.8 Å². The molecule has 8 heteroatoms. The summed E-state index contributed by atoms with van der Waals surface area (Å²) in [5.41, 5.74) is 4.80. The molecule has 0 spiro atoms. The predicted molar refractivity (Wildman–Crippen MR) is 142 cm³/mol. The van der Waals surface area contributed by atoms with Crippen LogP contribution in [-0.2, 0) is 4.79 Å². The Labute approximate surface area is 213 Å². The maximum Gasteiger partial charge on any atom is 0.261 e. The topological polar surface area (TPSA) is 88.0 Å². The van der Waals surface area contributed by atoms with Crippen molar-refractivity contribution in [2.45, 2.75) is 19.9 Å². The van der Waals surface area contributed by atoms with Crippen molar-refractivity contribution in [3.05, 3.63) is 118 Å². The number of carbonyl (C=O) groups excluding carboxylic acids is 2. The van der Waals surface area contributed by atoms with Crippen molar-refractivity contribution in [2.75, 3.05) is 16.0 Å². The summed E-state index contributed by atoms with van der Waals surface area (Å²) < 4.78 is 1.69. The third kappa shape index (κ3) is 4.61. The molecule has 1 aliphatic rings. The van der Waals surface area contributed by atoms with Crippen LogP contribution in [-0.4, -0.2) is 21.6 Å². The number of allylic oxidation sites excluding steroid dienone is 1. The van der Waals surface area contributed by atoms with Gasteiger partial charge in [-0.2, -0.15) is 5.10 Å². The normalized spacial score (nSPS) is 14.6. The maximum atomic E-state index is 13.5. The van der Waals surface area contributed by atoms with Crippen LogP contribution in [0.1, 0.15) is 34.5 Å². The van der Waals surface area contributed by atoms with Crippen molar-refractivity contribution in [2.24, 2.45) is 0 Å². The van der Waals surface area contributed by atoms with Gasteiger partial charge in [0.2, 0.25) is 0 Å². The Morgan fingerprint density at radius 2 is 1.50 bits per heavy atom. The van der Waals surface area contributed by atoms with Crippen LogP contribution in [0, 0.1) is 6.92 Å². The number of nitrogens with one attached hydrogen (secondary N) is 3. The molecule has 1 atom stereocenters. The fourth-order valence-corrected chi connectivity index (χ4v) is 4.35. The van der Waals surface area contributed by atoms with Gasteiger partial charge >= 0.3 is 0 Å². The lowest BCUT2D eigenvalue weighted by atomic mass is 9.94. The molecule has 2 heterocycles. The van der Waals surface area contributed by atoms with E-state index < -0.39 is 6.04 Å². The van der Waals surface area contributed by atoms with Gasteiger partial charge in [-0.15, -0.1) is 0 Å². The van der Waals surface area contributed by atoms with Gasteiger partial charge in [-0.3, -0.25) is 9.59 Å². The van der Waals surface area contributed by atoms with Crippen molar-refractivity contribution in [3.63, 3.8) is 0 Å². The summed E-state index contributed by atoms with van der Waals surface area (Å²) in [6.07, 6.45) is 1.52. The van der Waals surface area contributed by atoms with E-state index >= 15 is 0 Å². The molecular weight excluding hydrogens is 474 g/mol. The molecule has 0 radical (unpaired) electrons. The zero-order valence-corrected chi connectivity index (χ0v) is 20.5. The molecule has 4 aromatic rings. The average Bonchev–Trinajstić information content (AvgIpc) is 3.29. The maximum absolute atomic E-state index is 13.5. The van der Waals surface area contributed by atoms with E-state index in [1.54, 1.807) is 28.9 Å². The lowest BCUT2D eigenvalue weighted by Gasteiger charge is -2.30.